The van der Waals surface area contributed by atoms with Crippen molar-refractivity contribution in [2.24, 2.45) is 0 Å². The molecule has 0 aliphatic carbocycles. The van der Waals surface area contributed by atoms with Gasteiger partial charge in [-0.3, -0.25) is 0 Å². The van der Waals surface area contributed by atoms with Crippen molar-refractivity contribution in [3.63, 3.8) is 0 Å². The van der Waals surface area contributed by atoms with Crippen LogP contribution < -0.4 is 0 Å². The van der Waals surface area contributed by atoms with E-state index in [1.54, 1.807) is 0 Å². The van der Waals surface area contributed by atoms with E-state index < -0.39 is 0 Å². The van der Waals surface area contributed by atoms with Gasteiger partial charge in [-0.1, -0.05) is 29.8 Å². The minimum atomic E-state index is 0.777. The number of hydrogen-bond donors (Lipinski definition) is 0. The number of nitrogens with zero attached hydrogens (tertiary/aromatic N) is 3. The molecule has 0 fully saturated rings. The van der Waals surface area contributed by atoms with Crippen LogP contribution in [0.5, 0.6) is 0 Å². The van der Waals surface area contributed by atoms with Crippen LogP contribution in [-0.4, -0.2) is 14.6 Å². The first-order chi connectivity index (χ1) is 8.22. The van der Waals surface area contributed by atoms with Gasteiger partial charge in [0, 0.05) is 11.8 Å². The number of fused-ring (bicyclic) bond motifs is 1. The van der Waals surface area contributed by atoms with E-state index in [0.717, 1.165) is 17.0 Å². The molecular weight excluding hydrogens is 210 g/mol. The summed E-state index contributed by atoms with van der Waals surface area (Å²) in [5, 5.41) is 4.49. The minimum Gasteiger partial charge on any atom is -0.220 e. The smallest absolute Gasteiger partial charge is 0.182 e. The maximum absolute atomic E-state index is 4.52. The second-order valence-electron chi connectivity index (χ2n) is 4.31. The summed E-state index contributed by atoms with van der Waals surface area (Å²) in [4.78, 5) is 4.52. The van der Waals surface area contributed by atoms with Crippen LogP contribution in [0.25, 0.3) is 17.0 Å². The van der Waals surface area contributed by atoms with Gasteiger partial charge in [0.15, 0.2) is 11.5 Å². The fraction of sp³-hybridized carbons (Fsp3) is 0.143. The molecule has 0 atom stereocenters. The SMILES string of the molecule is Cc1cccc(-c2nc3ccc(C)cn3n2)c1. The molecule has 0 aliphatic rings. The quantitative estimate of drug-likeness (QED) is 0.634. The van der Waals surface area contributed by atoms with Gasteiger partial charge in [0.05, 0.1) is 0 Å². The fourth-order valence-electron chi connectivity index (χ4n) is 1.89. The lowest BCUT2D eigenvalue weighted by Gasteiger charge is -1.95. The summed E-state index contributed by atoms with van der Waals surface area (Å²) in [7, 11) is 0. The van der Waals surface area contributed by atoms with Gasteiger partial charge in [-0.25, -0.2) is 9.50 Å². The van der Waals surface area contributed by atoms with Crippen LogP contribution in [0.1, 0.15) is 11.1 Å². The van der Waals surface area contributed by atoms with Crippen molar-refractivity contribution in [3.05, 3.63) is 53.7 Å². The molecule has 3 aromatic rings. The van der Waals surface area contributed by atoms with Gasteiger partial charge in [-0.2, -0.15) is 0 Å². The molecule has 0 spiro atoms. The van der Waals surface area contributed by atoms with Gasteiger partial charge in [-0.15, -0.1) is 5.10 Å². The van der Waals surface area contributed by atoms with Crippen LogP contribution in [0, 0.1) is 13.8 Å². The van der Waals surface area contributed by atoms with Crippen LogP contribution in [-0.2, 0) is 0 Å². The van der Waals surface area contributed by atoms with Gasteiger partial charge in [0.25, 0.3) is 0 Å². The van der Waals surface area contributed by atoms with Crippen LogP contribution in [0.2, 0.25) is 0 Å². The molecule has 3 rings (SSSR count). The maximum atomic E-state index is 4.52. The zero-order valence-electron chi connectivity index (χ0n) is 9.88. The van der Waals surface area contributed by atoms with Crippen molar-refractivity contribution >= 4 is 5.65 Å². The number of benzene rings is 1. The lowest BCUT2D eigenvalue weighted by atomic mass is 10.1. The first-order valence-electron chi connectivity index (χ1n) is 5.62. The summed E-state index contributed by atoms with van der Waals surface area (Å²) in [6.45, 7) is 4.12. The van der Waals surface area contributed by atoms with Crippen LogP contribution >= 0.6 is 0 Å². The Balaban J connectivity index is 2.18. The number of pyridine rings is 1. The monoisotopic (exact) mass is 223 g/mol. The summed E-state index contributed by atoms with van der Waals surface area (Å²) in [5.74, 6) is 0.777. The Morgan fingerprint density at radius 2 is 1.88 bits per heavy atom. The highest BCUT2D eigenvalue weighted by Gasteiger charge is 2.05. The highest BCUT2D eigenvalue weighted by atomic mass is 15.3. The molecule has 2 heterocycles. The van der Waals surface area contributed by atoms with Gasteiger partial charge in [-0.05, 0) is 31.5 Å². The van der Waals surface area contributed by atoms with Crippen molar-refractivity contribution < 1.29 is 0 Å². The molecule has 0 saturated carbocycles. The summed E-state index contributed by atoms with van der Waals surface area (Å²) >= 11 is 0. The number of aryl methyl sites for hydroxylation is 2. The molecule has 0 bridgehead atoms. The minimum absolute atomic E-state index is 0.777. The Morgan fingerprint density at radius 3 is 2.71 bits per heavy atom. The van der Waals surface area contributed by atoms with E-state index in [0.29, 0.717) is 0 Å². The lowest BCUT2D eigenvalue weighted by molar-refractivity contribution is 0.956. The molecular formula is C14H13N3. The molecule has 84 valence electrons. The third kappa shape index (κ3) is 1.80. The zero-order valence-corrected chi connectivity index (χ0v) is 9.88. The highest BCUT2D eigenvalue weighted by Crippen LogP contribution is 2.17. The molecule has 17 heavy (non-hydrogen) atoms. The summed E-state index contributed by atoms with van der Waals surface area (Å²) in [6, 6.07) is 12.3. The van der Waals surface area contributed by atoms with E-state index >= 15 is 0 Å². The predicted octanol–water partition coefficient (Wildman–Crippen LogP) is 3.01. The molecule has 0 unspecified atom stereocenters. The standard InChI is InChI=1S/C14H13N3/c1-10-4-3-5-12(8-10)14-15-13-7-6-11(2)9-17(13)16-14/h3-9H,1-2H3. The Bertz CT molecular complexity index is 683. The van der Waals surface area contributed by atoms with Gasteiger partial charge in [0.2, 0.25) is 0 Å². The van der Waals surface area contributed by atoms with Crippen molar-refractivity contribution in [1.82, 2.24) is 14.6 Å². The van der Waals surface area contributed by atoms with Gasteiger partial charge >= 0.3 is 0 Å². The van der Waals surface area contributed by atoms with Crippen molar-refractivity contribution in [2.45, 2.75) is 13.8 Å². The normalized spacial score (nSPS) is 10.9. The Hall–Kier alpha value is -2.16. The van der Waals surface area contributed by atoms with Crippen LogP contribution in [0.4, 0.5) is 0 Å². The zero-order chi connectivity index (χ0) is 11.8. The Labute approximate surface area is 99.7 Å². The van der Waals surface area contributed by atoms with Gasteiger partial charge < -0.3 is 0 Å². The molecule has 1 aromatic carbocycles. The second kappa shape index (κ2) is 3.70. The highest BCUT2D eigenvalue weighted by molar-refractivity contribution is 5.59. The molecule has 0 amide bonds. The Kier molecular flexibility index (Phi) is 2.18. The van der Waals surface area contributed by atoms with Crippen molar-refractivity contribution in [1.29, 1.82) is 0 Å². The number of rotatable bonds is 1. The summed E-state index contributed by atoms with van der Waals surface area (Å²) < 4.78 is 1.83. The van der Waals surface area contributed by atoms with Crippen molar-refractivity contribution in [2.75, 3.05) is 0 Å². The van der Waals surface area contributed by atoms with Crippen LogP contribution in [0.15, 0.2) is 42.6 Å². The molecule has 0 aliphatic heterocycles. The third-order valence-corrected chi connectivity index (χ3v) is 2.76. The van der Waals surface area contributed by atoms with Gasteiger partial charge in [0.1, 0.15) is 0 Å². The van der Waals surface area contributed by atoms with E-state index in [-0.39, 0.29) is 0 Å². The molecule has 0 radical (unpaired) electrons. The van der Waals surface area contributed by atoms with E-state index in [1.165, 1.54) is 11.1 Å². The summed E-state index contributed by atoms with van der Waals surface area (Å²) in [5.41, 5.74) is 4.34. The largest absolute Gasteiger partial charge is 0.220 e. The topological polar surface area (TPSA) is 30.2 Å². The molecule has 3 heteroatoms. The van der Waals surface area contributed by atoms with E-state index in [2.05, 4.69) is 29.1 Å². The molecule has 3 nitrogen and oxygen atoms in total. The first-order valence-corrected chi connectivity index (χ1v) is 5.62. The third-order valence-electron chi connectivity index (χ3n) is 2.76. The Morgan fingerprint density at radius 1 is 1.00 bits per heavy atom. The average Bonchev–Trinajstić information content (AvgIpc) is 2.72. The first kappa shape index (κ1) is 10.0. The average molecular weight is 223 g/mol. The molecule has 2 aromatic heterocycles. The fourth-order valence-corrected chi connectivity index (χ4v) is 1.89. The predicted molar refractivity (Wildman–Crippen MR) is 67.9 cm³/mol. The van der Waals surface area contributed by atoms with E-state index in [4.69, 9.17) is 0 Å². The summed E-state index contributed by atoms with van der Waals surface area (Å²) in [6.07, 6.45) is 1.99. The molecule has 0 saturated heterocycles. The second-order valence-corrected chi connectivity index (χ2v) is 4.31. The van der Waals surface area contributed by atoms with Crippen LogP contribution in [0.3, 0.4) is 0 Å². The molecule has 0 N–H and O–H groups in total. The number of hydrogen-bond acceptors (Lipinski definition) is 2. The number of aromatic nitrogens is 3. The lowest BCUT2D eigenvalue weighted by Crippen LogP contribution is -1.87. The van der Waals surface area contributed by atoms with E-state index in [9.17, 15) is 0 Å². The van der Waals surface area contributed by atoms with E-state index in [1.807, 2.05) is 41.9 Å². The maximum Gasteiger partial charge on any atom is 0.182 e. The van der Waals surface area contributed by atoms with Crippen molar-refractivity contribution in [3.8, 4) is 11.4 Å².